The maximum Gasteiger partial charge on any atom is 0.392 e. The highest BCUT2D eigenvalue weighted by Crippen LogP contribution is 2.25. The van der Waals surface area contributed by atoms with Gasteiger partial charge in [0.2, 0.25) is 0 Å². The van der Waals surface area contributed by atoms with Gasteiger partial charge in [0, 0.05) is 22.6 Å². The van der Waals surface area contributed by atoms with E-state index in [-0.39, 0.29) is 0 Å². The molecule has 1 N–H and O–H groups in total. The van der Waals surface area contributed by atoms with E-state index in [0.29, 0.717) is 22.6 Å². The molecule has 10 heteroatoms. The highest BCUT2D eigenvalue weighted by atomic mass is 127. The fourth-order valence-electron chi connectivity index (χ4n) is 0.360. The van der Waals surface area contributed by atoms with E-state index in [1.165, 1.54) is 0 Å². The van der Waals surface area contributed by atoms with E-state index >= 15 is 0 Å². The molecule has 0 unspecified atom stereocenters. The van der Waals surface area contributed by atoms with Crippen LogP contribution in [0, 0.1) is 0 Å². The molecule has 0 spiro atoms. The minimum Gasteiger partial charge on any atom is -0.367 e. The fourth-order valence-corrected chi connectivity index (χ4v) is 0.813. The lowest BCUT2D eigenvalue weighted by Crippen LogP contribution is -2.34. The van der Waals surface area contributed by atoms with Gasteiger partial charge in [-0.15, -0.1) is 0 Å². The van der Waals surface area contributed by atoms with Crippen molar-refractivity contribution in [2.24, 2.45) is 0 Å². The maximum atomic E-state index is 12.3. The molecule has 0 bridgehead atoms. The zero-order valence-corrected chi connectivity index (χ0v) is 9.36. The summed E-state index contributed by atoms with van der Waals surface area (Å²) in [5.74, 6) is 0. The summed E-state index contributed by atoms with van der Waals surface area (Å²) in [5.41, 5.74) is 0. The van der Waals surface area contributed by atoms with Gasteiger partial charge in [-0.1, -0.05) is 0 Å². The first-order valence-corrected chi connectivity index (χ1v) is 5.47. The fraction of sp³-hybridized carbons (Fsp3) is 1.00. The van der Waals surface area contributed by atoms with Crippen LogP contribution in [0.3, 0.4) is 0 Å². The van der Waals surface area contributed by atoms with E-state index in [4.69, 9.17) is 4.55 Å². The molecule has 0 aromatic heterocycles. The molecule has 0 amide bonds. The van der Waals surface area contributed by atoms with Crippen molar-refractivity contribution in [1.29, 1.82) is 0 Å². The number of hydrogen-bond donors (Lipinski definition) is 1. The van der Waals surface area contributed by atoms with Crippen LogP contribution in [-0.2, 0) is 14.9 Å². The Labute approximate surface area is 90.5 Å². The van der Waals surface area contributed by atoms with Crippen LogP contribution in [0.25, 0.3) is 0 Å². The molecule has 0 aliphatic rings. The molecule has 0 aromatic carbocycles. The summed E-state index contributed by atoms with van der Waals surface area (Å²) in [6.07, 6.45) is 0. The zero-order valence-electron chi connectivity index (χ0n) is 6.38. The van der Waals surface area contributed by atoms with Crippen molar-refractivity contribution in [3.05, 3.63) is 0 Å². The number of alkyl halides is 5. The monoisotopic (exact) mass is 352 g/mol. The minimum absolute atomic E-state index is 0.634. The molecule has 0 aliphatic carbocycles. The van der Waals surface area contributed by atoms with Crippen LogP contribution in [-0.4, -0.2) is 35.4 Å². The Morgan fingerprint density at radius 3 is 1.93 bits per heavy atom. The van der Waals surface area contributed by atoms with E-state index in [1.54, 1.807) is 0 Å². The smallest absolute Gasteiger partial charge is 0.367 e. The minimum atomic E-state index is -5.63. The van der Waals surface area contributed by atoms with Gasteiger partial charge < -0.3 is 4.74 Å². The zero-order chi connectivity index (χ0) is 11.6. The third-order valence-corrected chi connectivity index (χ3v) is 2.10. The molecular weight excluding hydrogens is 347 g/mol. The van der Waals surface area contributed by atoms with Gasteiger partial charge in [-0.2, -0.15) is 26.0 Å². The van der Waals surface area contributed by atoms with E-state index in [0.717, 1.165) is 0 Å². The third kappa shape index (κ3) is 5.26. The maximum absolute atomic E-state index is 12.3. The molecule has 0 saturated heterocycles. The lowest BCUT2D eigenvalue weighted by atomic mass is 10.7. The van der Waals surface area contributed by atoms with Crippen molar-refractivity contribution >= 4 is 32.7 Å². The quantitative estimate of drug-likeness (QED) is 0.353. The predicted molar refractivity (Wildman–Crippen MR) is 46.3 cm³/mol. The second-order valence-electron chi connectivity index (χ2n) is 2.22. The summed E-state index contributed by atoms with van der Waals surface area (Å²) in [7, 11) is -5.63. The summed E-state index contributed by atoms with van der Waals surface area (Å²) in [6, 6.07) is 0. The van der Waals surface area contributed by atoms with Crippen LogP contribution in [0.1, 0.15) is 0 Å². The van der Waals surface area contributed by atoms with Gasteiger partial charge in [0.25, 0.3) is 0 Å². The standard InChI is InChI=1S/C4H5F4IO4S/c5-3(6,9)1-13-2-4(7,8)14(10,11)12/h1-2H2,(H,10,11,12). The average molecular weight is 352 g/mol. The van der Waals surface area contributed by atoms with Gasteiger partial charge in [-0.25, -0.2) is 0 Å². The molecule has 86 valence electrons. The second-order valence-corrected chi connectivity index (χ2v) is 5.35. The summed E-state index contributed by atoms with van der Waals surface area (Å²) in [6.45, 7) is -3.18. The SMILES string of the molecule is O=S(=O)(O)C(F)(F)COCC(F)(F)I. The molecular formula is C4H5F4IO4S. The van der Waals surface area contributed by atoms with Gasteiger partial charge in [-0.3, -0.25) is 4.55 Å². The molecule has 0 fully saturated rings. The summed E-state index contributed by atoms with van der Waals surface area (Å²) in [5, 5.41) is -4.57. The predicted octanol–water partition coefficient (Wildman–Crippen LogP) is 1.51. The van der Waals surface area contributed by atoms with E-state index in [9.17, 15) is 26.0 Å². The first kappa shape index (κ1) is 14.3. The molecule has 0 aromatic rings. The first-order valence-electron chi connectivity index (χ1n) is 2.95. The topological polar surface area (TPSA) is 63.6 Å². The van der Waals surface area contributed by atoms with Gasteiger partial charge in [0.1, 0.15) is 13.2 Å². The number of ether oxygens (including phenoxy) is 1. The average Bonchev–Trinajstić information content (AvgIpc) is 1.80. The van der Waals surface area contributed by atoms with E-state index < -0.39 is 32.5 Å². The Kier molecular flexibility index (Phi) is 4.55. The van der Waals surface area contributed by atoms with Crippen molar-refractivity contribution in [3.63, 3.8) is 0 Å². The van der Waals surface area contributed by atoms with Crippen molar-refractivity contribution in [1.82, 2.24) is 0 Å². The molecule has 0 heterocycles. The van der Waals surface area contributed by atoms with Gasteiger partial charge in [0.05, 0.1) is 0 Å². The number of halogens is 5. The number of rotatable bonds is 5. The summed E-state index contributed by atoms with van der Waals surface area (Å²) in [4.78, 5) is 0. The van der Waals surface area contributed by atoms with Crippen LogP contribution in [0.15, 0.2) is 0 Å². The molecule has 0 aliphatic heterocycles. The molecule has 0 atom stereocenters. The Bertz CT molecular complexity index is 284. The van der Waals surface area contributed by atoms with Gasteiger partial charge in [-0.05, 0) is 0 Å². The highest BCUT2D eigenvalue weighted by Gasteiger charge is 2.45. The Morgan fingerprint density at radius 2 is 1.64 bits per heavy atom. The second kappa shape index (κ2) is 4.45. The summed E-state index contributed by atoms with van der Waals surface area (Å²) < 4.78 is 76.8. The van der Waals surface area contributed by atoms with Crippen molar-refractivity contribution < 1.29 is 35.3 Å². The van der Waals surface area contributed by atoms with E-state index in [2.05, 4.69) is 4.74 Å². The lowest BCUT2D eigenvalue weighted by molar-refractivity contribution is -0.0588. The summed E-state index contributed by atoms with van der Waals surface area (Å²) >= 11 is 0.634. The van der Waals surface area contributed by atoms with Crippen molar-refractivity contribution in [2.45, 2.75) is 9.18 Å². The normalized spacial score (nSPS) is 14.4. The van der Waals surface area contributed by atoms with Crippen LogP contribution in [0.5, 0.6) is 0 Å². The molecule has 0 radical (unpaired) electrons. The first-order chi connectivity index (χ1) is 5.96. The van der Waals surface area contributed by atoms with Gasteiger partial charge >= 0.3 is 19.3 Å². The molecule has 4 nitrogen and oxygen atoms in total. The molecule has 0 saturated carbocycles. The van der Waals surface area contributed by atoms with E-state index in [1.807, 2.05) is 0 Å². The van der Waals surface area contributed by atoms with Gasteiger partial charge in [0.15, 0.2) is 0 Å². The van der Waals surface area contributed by atoms with Crippen molar-refractivity contribution in [2.75, 3.05) is 13.2 Å². The Balaban J connectivity index is 4.16. The largest absolute Gasteiger partial charge is 0.392 e. The van der Waals surface area contributed by atoms with Crippen molar-refractivity contribution in [3.8, 4) is 0 Å². The third-order valence-electron chi connectivity index (χ3n) is 0.913. The number of hydrogen-bond acceptors (Lipinski definition) is 3. The van der Waals surface area contributed by atoms with Crippen LogP contribution >= 0.6 is 22.6 Å². The molecule has 14 heavy (non-hydrogen) atoms. The van der Waals surface area contributed by atoms with Crippen LogP contribution < -0.4 is 0 Å². The van der Waals surface area contributed by atoms with Crippen LogP contribution in [0.2, 0.25) is 0 Å². The highest BCUT2D eigenvalue weighted by molar-refractivity contribution is 14.1. The Hall–Kier alpha value is 0.320. The molecule has 0 rings (SSSR count). The lowest BCUT2D eigenvalue weighted by Gasteiger charge is -2.14. The van der Waals surface area contributed by atoms with Crippen LogP contribution in [0.4, 0.5) is 17.6 Å². The Morgan fingerprint density at radius 1 is 1.21 bits per heavy atom.